The normalized spacial score (nSPS) is 10.6. The number of amides is 1. The zero-order valence-corrected chi connectivity index (χ0v) is 15.3. The van der Waals surface area contributed by atoms with Crippen LogP contribution in [0, 0.1) is 13.8 Å². The number of nitrogens with zero attached hydrogens (tertiary/aromatic N) is 2. The highest BCUT2D eigenvalue weighted by Crippen LogP contribution is 2.10. The van der Waals surface area contributed by atoms with E-state index in [2.05, 4.69) is 10.4 Å². The second-order valence-electron chi connectivity index (χ2n) is 6.47. The third-order valence-electron chi connectivity index (χ3n) is 4.28. The second kappa shape index (κ2) is 7.86. The Morgan fingerprint density at radius 2 is 1.74 bits per heavy atom. The molecule has 27 heavy (non-hydrogen) atoms. The van der Waals surface area contributed by atoms with Gasteiger partial charge in [-0.3, -0.25) is 9.48 Å². The molecular formula is C21H21N3O3. The van der Waals surface area contributed by atoms with Crippen LogP contribution < -0.4 is 5.32 Å². The molecule has 3 aromatic rings. The van der Waals surface area contributed by atoms with Crippen LogP contribution in [0.5, 0.6) is 0 Å². The highest BCUT2D eigenvalue weighted by Gasteiger charge is 2.08. The molecule has 0 atom stereocenters. The number of carboxylic acids is 1. The topological polar surface area (TPSA) is 84.2 Å². The van der Waals surface area contributed by atoms with E-state index in [0.29, 0.717) is 12.1 Å². The number of aryl methyl sites for hydroxylation is 2. The molecule has 2 aromatic carbocycles. The van der Waals surface area contributed by atoms with Gasteiger partial charge in [-0.2, -0.15) is 5.10 Å². The first kappa shape index (κ1) is 18.4. The third kappa shape index (κ3) is 4.61. The summed E-state index contributed by atoms with van der Waals surface area (Å²) >= 11 is 0. The first-order valence-corrected chi connectivity index (χ1v) is 8.63. The Kier molecular flexibility index (Phi) is 5.35. The van der Waals surface area contributed by atoms with Crippen molar-refractivity contribution in [2.45, 2.75) is 26.9 Å². The molecule has 0 saturated carbocycles. The van der Waals surface area contributed by atoms with Gasteiger partial charge in [-0.05, 0) is 55.3 Å². The Morgan fingerprint density at radius 3 is 2.37 bits per heavy atom. The molecule has 0 spiro atoms. The zero-order chi connectivity index (χ0) is 19.4. The molecule has 6 nitrogen and oxygen atoms in total. The van der Waals surface area contributed by atoms with Crippen LogP contribution in [0.2, 0.25) is 0 Å². The van der Waals surface area contributed by atoms with Gasteiger partial charge in [0, 0.05) is 17.8 Å². The van der Waals surface area contributed by atoms with Gasteiger partial charge in [0.15, 0.2) is 0 Å². The minimum atomic E-state index is -0.985. The number of benzene rings is 2. The van der Waals surface area contributed by atoms with Crippen LogP contribution in [0.15, 0.2) is 54.6 Å². The Morgan fingerprint density at radius 1 is 1.00 bits per heavy atom. The van der Waals surface area contributed by atoms with Gasteiger partial charge in [-0.1, -0.05) is 24.3 Å². The van der Waals surface area contributed by atoms with E-state index in [1.807, 2.05) is 36.7 Å². The van der Waals surface area contributed by atoms with Gasteiger partial charge in [0.1, 0.15) is 0 Å². The molecule has 0 aliphatic heterocycles. The SMILES string of the molecule is Cc1cc(C)n(Cc2ccc(C(=O)NCc3cccc(C(=O)O)c3)cc2)n1. The van der Waals surface area contributed by atoms with Crippen LogP contribution in [0.1, 0.15) is 43.2 Å². The lowest BCUT2D eigenvalue weighted by molar-refractivity contribution is 0.0696. The van der Waals surface area contributed by atoms with Gasteiger partial charge >= 0.3 is 5.97 Å². The Hall–Kier alpha value is -3.41. The molecule has 1 amide bonds. The van der Waals surface area contributed by atoms with Gasteiger partial charge in [0.25, 0.3) is 5.91 Å². The summed E-state index contributed by atoms with van der Waals surface area (Å²) in [6.07, 6.45) is 0. The van der Waals surface area contributed by atoms with Crippen molar-refractivity contribution in [2.75, 3.05) is 0 Å². The average molecular weight is 363 g/mol. The number of rotatable bonds is 6. The first-order chi connectivity index (χ1) is 12.9. The fourth-order valence-electron chi connectivity index (χ4n) is 2.87. The van der Waals surface area contributed by atoms with E-state index in [1.54, 1.807) is 30.3 Å². The molecule has 0 unspecified atom stereocenters. The predicted octanol–water partition coefficient (Wildman–Crippen LogP) is 3.18. The molecule has 0 aliphatic carbocycles. The molecule has 6 heteroatoms. The van der Waals surface area contributed by atoms with Crippen molar-refractivity contribution in [2.24, 2.45) is 0 Å². The molecule has 138 valence electrons. The van der Waals surface area contributed by atoms with E-state index >= 15 is 0 Å². The highest BCUT2D eigenvalue weighted by molar-refractivity contribution is 5.94. The molecule has 0 saturated heterocycles. The number of carbonyl (C=O) groups excluding carboxylic acids is 1. The molecule has 0 fully saturated rings. The lowest BCUT2D eigenvalue weighted by Gasteiger charge is -2.08. The van der Waals surface area contributed by atoms with Crippen molar-refractivity contribution >= 4 is 11.9 Å². The van der Waals surface area contributed by atoms with Crippen molar-refractivity contribution in [3.63, 3.8) is 0 Å². The second-order valence-corrected chi connectivity index (χ2v) is 6.47. The van der Waals surface area contributed by atoms with Crippen LogP contribution in [-0.4, -0.2) is 26.8 Å². The molecule has 3 rings (SSSR count). The van der Waals surface area contributed by atoms with Gasteiger partial charge in [-0.25, -0.2) is 4.79 Å². The number of carboxylic acid groups (broad SMARTS) is 1. The summed E-state index contributed by atoms with van der Waals surface area (Å²) in [5.74, 6) is -1.19. The summed E-state index contributed by atoms with van der Waals surface area (Å²) in [7, 11) is 0. The van der Waals surface area contributed by atoms with Crippen molar-refractivity contribution < 1.29 is 14.7 Å². The summed E-state index contributed by atoms with van der Waals surface area (Å²) in [4.78, 5) is 23.3. The first-order valence-electron chi connectivity index (χ1n) is 8.63. The van der Waals surface area contributed by atoms with E-state index in [1.165, 1.54) is 6.07 Å². The Bertz CT molecular complexity index is 975. The van der Waals surface area contributed by atoms with Crippen molar-refractivity contribution in [1.29, 1.82) is 0 Å². The summed E-state index contributed by atoms with van der Waals surface area (Å²) < 4.78 is 1.93. The number of hydrogen-bond acceptors (Lipinski definition) is 3. The van der Waals surface area contributed by atoms with Crippen LogP contribution in [0.3, 0.4) is 0 Å². The van der Waals surface area contributed by atoms with Crippen LogP contribution in [-0.2, 0) is 13.1 Å². The van der Waals surface area contributed by atoms with E-state index in [9.17, 15) is 9.59 Å². The minimum Gasteiger partial charge on any atom is -0.478 e. The van der Waals surface area contributed by atoms with Crippen molar-refractivity contribution in [3.05, 3.63) is 88.2 Å². The maximum absolute atomic E-state index is 12.3. The van der Waals surface area contributed by atoms with Crippen LogP contribution in [0.4, 0.5) is 0 Å². The zero-order valence-electron chi connectivity index (χ0n) is 15.3. The molecule has 2 N–H and O–H groups in total. The molecular weight excluding hydrogens is 342 g/mol. The molecule has 1 heterocycles. The predicted molar refractivity (Wildman–Crippen MR) is 102 cm³/mol. The van der Waals surface area contributed by atoms with E-state index in [4.69, 9.17) is 5.11 Å². The fraction of sp³-hybridized carbons (Fsp3) is 0.190. The van der Waals surface area contributed by atoms with Gasteiger partial charge < -0.3 is 10.4 Å². The molecule has 0 radical (unpaired) electrons. The largest absolute Gasteiger partial charge is 0.478 e. The molecule has 0 aliphatic rings. The Labute approximate surface area is 157 Å². The smallest absolute Gasteiger partial charge is 0.335 e. The Balaban J connectivity index is 1.61. The molecule has 1 aromatic heterocycles. The van der Waals surface area contributed by atoms with E-state index < -0.39 is 5.97 Å². The fourth-order valence-corrected chi connectivity index (χ4v) is 2.87. The highest BCUT2D eigenvalue weighted by atomic mass is 16.4. The number of aromatic carboxylic acids is 1. The quantitative estimate of drug-likeness (QED) is 0.704. The van der Waals surface area contributed by atoms with E-state index in [0.717, 1.165) is 22.5 Å². The maximum atomic E-state index is 12.3. The number of nitrogens with one attached hydrogen (secondary N) is 1. The average Bonchev–Trinajstić information content (AvgIpc) is 2.97. The maximum Gasteiger partial charge on any atom is 0.335 e. The van der Waals surface area contributed by atoms with Crippen LogP contribution >= 0.6 is 0 Å². The summed E-state index contributed by atoms with van der Waals surface area (Å²) in [6.45, 7) is 4.90. The summed E-state index contributed by atoms with van der Waals surface area (Å²) in [6, 6.07) is 15.9. The molecule has 0 bridgehead atoms. The lowest BCUT2D eigenvalue weighted by Crippen LogP contribution is -2.22. The number of carbonyl (C=O) groups is 2. The summed E-state index contributed by atoms with van der Waals surface area (Å²) in [5, 5.41) is 16.3. The van der Waals surface area contributed by atoms with Gasteiger partial charge in [-0.15, -0.1) is 0 Å². The summed E-state index contributed by atoms with van der Waals surface area (Å²) in [5.41, 5.74) is 4.64. The monoisotopic (exact) mass is 363 g/mol. The number of hydrogen-bond donors (Lipinski definition) is 2. The van der Waals surface area contributed by atoms with Gasteiger partial charge in [0.2, 0.25) is 0 Å². The van der Waals surface area contributed by atoms with Gasteiger partial charge in [0.05, 0.1) is 17.8 Å². The minimum absolute atomic E-state index is 0.201. The van der Waals surface area contributed by atoms with E-state index in [-0.39, 0.29) is 18.0 Å². The standard InChI is InChI=1S/C21H21N3O3/c1-14-10-15(2)24(23-14)13-16-6-8-18(9-7-16)20(25)22-12-17-4-3-5-19(11-17)21(26)27/h3-11H,12-13H2,1-2H3,(H,22,25)(H,26,27). The lowest BCUT2D eigenvalue weighted by atomic mass is 10.1. The van der Waals surface area contributed by atoms with Crippen LogP contribution in [0.25, 0.3) is 0 Å². The number of aromatic nitrogens is 2. The third-order valence-corrected chi connectivity index (χ3v) is 4.28. The van der Waals surface area contributed by atoms with Crippen molar-refractivity contribution in [3.8, 4) is 0 Å². The van der Waals surface area contributed by atoms with Crippen molar-refractivity contribution in [1.82, 2.24) is 15.1 Å².